The van der Waals surface area contributed by atoms with Crippen LogP contribution in [-0.4, -0.2) is 78.5 Å². The van der Waals surface area contributed by atoms with E-state index in [1.165, 1.54) is 0 Å². The lowest BCUT2D eigenvalue weighted by Crippen LogP contribution is -2.55. The van der Waals surface area contributed by atoms with Crippen molar-refractivity contribution in [2.24, 2.45) is 0 Å². The number of hydrogen-bond acceptors (Lipinski definition) is 1. The Balaban J connectivity index is 1.57. The van der Waals surface area contributed by atoms with E-state index in [1.54, 1.807) is 17.4 Å². The van der Waals surface area contributed by atoms with Gasteiger partial charge >= 0.3 is 0 Å². The molecule has 7 rings (SSSR count). The molecule has 0 saturated heterocycles. The standard InChI is InChI=1S/C38H16B10S/c1-3-16-17(4-2)27(28-31(41)35(45)38(48)36(46)32(28)42)19-9-6-5-8-18(19)25(16)21-10-7-11-22-26(21)20-13-12-15(14-23(20)49-22)24-29(39)33(43)37(47)34(44)30(24)40/h3-14H,1-2H2. The number of fused-ring (bicyclic) bond motifs is 4. The molecule has 0 saturated carbocycles. The number of rotatable bonds is 5. The molecule has 204 valence electrons. The largest absolute Gasteiger partial charge is 0.135 e. The van der Waals surface area contributed by atoms with Crippen molar-refractivity contribution in [3.63, 3.8) is 0 Å². The molecular weight excluding hydrogens is 597 g/mol. The highest BCUT2D eigenvalue weighted by Crippen LogP contribution is 2.47. The highest BCUT2D eigenvalue weighted by Gasteiger charge is 2.24. The van der Waals surface area contributed by atoms with Crippen LogP contribution in [0.1, 0.15) is 11.1 Å². The Bertz CT molecular complexity index is 2540. The van der Waals surface area contributed by atoms with Gasteiger partial charge in [0.15, 0.2) is 0 Å². The van der Waals surface area contributed by atoms with Gasteiger partial charge in [0.1, 0.15) is 78.5 Å². The third kappa shape index (κ3) is 4.87. The number of thiophene rings is 1. The monoisotopic (exact) mass is 614 g/mol. The minimum Gasteiger partial charge on any atom is -0.135 e. The van der Waals surface area contributed by atoms with E-state index in [4.69, 9.17) is 78.5 Å². The molecule has 11 heteroatoms. The second-order valence-corrected chi connectivity index (χ2v) is 13.0. The van der Waals surface area contributed by atoms with Gasteiger partial charge in [0.05, 0.1) is 0 Å². The molecule has 0 spiro atoms. The normalized spacial score (nSPS) is 11.4. The minimum absolute atomic E-state index is 0.150. The van der Waals surface area contributed by atoms with Gasteiger partial charge in [0, 0.05) is 20.2 Å². The lowest BCUT2D eigenvalue weighted by molar-refractivity contribution is 1.63. The predicted molar refractivity (Wildman–Crippen MR) is 227 cm³/mol. The van der Waals surface area contributed by atoms with Crippen LogP contribution in [0, 0.1) is 0 Å². The molecule has 0 nitrogen and oxygen atoms in total. The van der Waals surface area contributed by atoms with Crippen molar-refractivity contribution < 1.29 is 0 Å². The van der Waals surface area contributed by atoms with Crippen LogP contribution in [0.5, 0.6) is 0 Å². The van der Waals surface area contributed by atoms with Crippen LogP contribution in [0.3, 0.4) is 0 Å². The van der Waals surface area contributed by atoms with E-state index in [0.29, 0.717) is 11.1 Å². The Kier molecular flexibility index (Phi) is 8.43. The summed E-state index contributed by atoms with van der Waals surface area (Å²) in [6, 6.07) is 20.4. The predicted octanol–water partition coefficient (Wildman–Crippen LogP) is -0.567. The summed E-state index contributed by atoms with van der Waals surface area (Å²) in [4.78, 5) is 0. The van der Waals surface area contributed by atoms with Crippen LogP contribution >= 0.6 is 11.3 Å². The summed E-state index contributed by atoms with van der Waals surface area (Å²) in [6.45, 7) is 8.44. The summed E-state index contributed by atoms with van der Waals surface area (Å²) < 4.78 is 2.10. The fourth-order valence-electron chi connectivity index (χ4n) is 6.93. The van der Waals surface area contributed by atoms with Gasteiger partial charge < -0.3 is 0 Å². The maximum absolute atomic E-state index is 6.62. The second kappa shape index (κ2) is 12.4. The number of benzene rings is 6. The van der Waals surface area contributed by atoms with Crippen molar-refractivity contribution in [3.8, 4) is 33.4 Å². The topological polar surface area (TPSA) is 0 Å². The summed E-state index contributed by atoms with van der Waals surface area (Å²) in [5, 5.41) is 3.94. The Morgan fingerprint density at radius 2 is 0.918 bits per heavy atom. The zero-order valence-corrected chi connectivity index (χ0v) is 27.3. The van der Waals surface area contributed by atoms with Crippen LogP contribution in [0.15, 0.2) is 73.8 Å². The molecule has 49 heavy (non-hydrogen) atoms. The van der Waals surface area contributed by atoms with Crippen molar-refractivity contribution in [3.05, 3.63) is 84.9 Å². The molecular formula is C38H16B10S. The lowest BCUT2D eigenvalue weighted by Gasteiger charge is -2.26. The Morgan fingerprint density at radius 1 is 0.429 bits per heavy atom. The highest BCUT2D eigenvalue weighted by molar-refractivity contribution is 7.26. The Morgan fingerprint density at radius 3 is 1.47 bits per heavy atom. The zero-order chi connectivity index (χ0) is 35.0. The van der Waals surface area contributed by atoms with Gasteiger partial charge in [0.25, 0.3) is 0 Å². The van der Waals surface area contributed by atoms with Gasteiger partial charge in [-0.1, -0.05) is 95.7 Å². The molecule has 20 radical (unpaired) electrons. The molecule has 0 N–H and O–H groups in total. The molecule has 0 fully saturated rings. The molecule has 1 aromatic heterocycles. The minimum atomic E-state index is 0.150. The smallest absolute Gasteiger partial charge is 0.113 e. The van der Waals surface area contributed by atoms with Crippen LogP contribution < -0.4 is 54.6 Å². The first-order chi connectivity index (χ1) is 23.4. The quantitative estimate of drug-likeness (QED) is 0.229. The van der Waals surface area contributed by atoms with Crippen LogP contribution in [0.4, 0.5) is 0 Å². The maximum atomic E-state index is 6.62. The average Bonchev–Trinajstić information content (AvgIpc) is 3.49. The molecule has 0 amide bonds. The Labute approximate surface area is 304 Å². The van der Waals surface area contributed by atoms with Gasteiger partial charge in [-0.25, -0.2) is 0 Å². The molecule has 6 aromatic carbocycles. The molecule has 1 heterocycles. The van der Waals surface area contributed by atoms with Crippen LogP contribution in [0.2, 0.25) is 0 Å². The SMILES string of the molecule is [B]c1c([B])c([B])c(-c2ccc3c(c2)sc2cccc(-c4c(C=C)c(C=C)c(-c5c([B])c([B])c([B])c([B])c5[B])c5ccccc45)c23)c([B])c1[B]. The van der Waals surface area contributed by atoms with Crippen LogP contribution in [-0.2, 0) is 0 Å². The van der Waals surface area contributed by atoms with Gasteiger partial charge in [-0.05, 0) is 67.4 Å². The zero-order valence-electron chi connectivity index (χ0n) is 26.5. The van der Waals surface area contributed by atoms with E-state index < -0.39 is 0 Å². The summed E-state index contributed by atoms with van der Waals surface area (Å²) in [6.07, 6.45) is 3.60. The van der Waals surface area contributed by atoms with Crippen molar-refractivity contribution in [1.82, 2.24) is 0 Å². The number of hydrogen-bond donors (Lipinski definition) is 0. The third-order valence-corrected chi connectivity index (χ3v) is 10.5. The summed E-state index contributed by atoms with van der Waals surface area (Å²) in [5.41, 5.74) is 8.31. The van der Waals surface area contributed by atoms with E-state index in [1.807, 2.05) is 42.5 Å². The van der Waals surface area contributed by atoms with Gasteiger partial charge in [-0.15, -0.1) is 44.1 Å². The van der Waals surface area contributed by atoms with E-state index in [2.05, 4.69) is 37.4 Å². The molecule has 0 unspecified atom stereocenters. The molecule has 0 aliphatic heterocycles. The summed E-state index contributed by atoms with van der Waals surface area (Å²) >= 11 is 1.65. The summed E-state index contributed by atoms with van der Waals surface area (Å²) in [7, 11) is 63.4. The molecule has 0 bridgehead atoms. The van der Waals surface area contributed by atoms with Crippen LogP contribution in [0.25, 0.3) is 76.5 Å². The van der Waals surface area contributed by atoms with Crippen molar-refractivity contribution in [1.29, 1.82) is 0 Å². The van der Waals surface area contributed by atoms with Crippen molar-refractivity contribution in [2.45, 2.75) is 0 Å². The van der Waals surface area contributed by atoms with Crippen molar-refractivity contribution >= 4 is 188 Å². The first-order valence-corrected chi connectivity index (χ1v) is 16.1. The third-order valence-electron chi connectivity index (χ3n) is 9.41. The van der Waals surface area contributed by atoms with E-state index in [9.17, 15) is 0 Å². The summed E-state index contributed by atoms with van der Waals surface area (Å²) in [5.74, 6) is 0. The highest BCUT2D eigenvalue weighted by atomic mass is 32.1. The first kappa shape index (κ1) is 33.4. The van der Waals surface area contributed by atoms with Gasteiger partial charge in [-0.3, -0.25) is 0 Å². The molecule has 0 atom stereocenters. The first-order valence-electron chi connectivity index (χ1n) is 15.2. The second-order valence-electron chi connectivity index (χ2n) is 11.9. The van der Waals surface area contributed by atoms with E-state index >= 15 is 0 Å². The fourth-order valence-corrected chi connectivity index (χ4v) is 8.10. The molecule has 0 aliphatic carbocycles. The molecule has 0 aliphatic rings. The van der Waals surface area contributed by atoms with Crippen molar-refractivity contribution in [2.75, 3.05) is 0 Å². The van der Waals surface area contributed by atoms with Gasteiger partial charge in [-0.2, -0.15) is 0 Å². The Hall–Kier alpha value is -4.07. The maximum Gasteiger partial charge on any atom is 0.113 e. The lowest BCUT2D eigenvalue weighted by atomic mass is 9.59. The van der Waals surface area contributed by atoms with Gasteiger partial charge in [0.2, 0.25) is 0 Å². The average molecular weight is 613 g/mol. The molecule has 7 aromatic rings. The fraction of sp³-hybridized carbons (Fsp3) is 0. The van der Waals surface area contributed by atoms with E-state index in [0.717, 1.165) is 64.3 Å². The van der Waals surface area contributed by atoms with E-state index in [-0.39, 0.29) is 54.6 Å².